The summed E-state index contributed by atoms with van der Waals surface area (Å²) in [5.74, 6) is 0. The molecule has 0 saturated carbocycles. The number of hydrogen-bond acceptors (Lipinski definition) is 4. The lowest BCUT2D eigenvalue weighted by Crippen LogP contribution is -2.25. The Kier molecular flexibility index (Phi) is 4.04. The Morgan fingerprint density at radius 3 is 3.07 bits per heavy atom. The summed E-state index contributed by atoms with van der Waals surface area (Å²) >= 11 is 0. The molecule has 0 fully saturated rings. The molecule has 14 heavy (non-hydrogen) atoms. The van der Waals surface area contributed by atoms with Crippen LogP contribution in [-0.2, 0) is 4.74 Å². The van der Waals surface area contributed by atoms with Crippen LogP contribution in [0.1, 0.15) is 19.8 Å². The molecule has 2 unspecified atom stereocenters. The third kappa shape index (κ3) is 2.52. The fraction of sp³-hybridized carbons (Fsp3) is 0.500. The van der Waals surface area contributed by atoms with E-state index in [-0.39, 0.29) is 0 Å². The van der Waals surface area contributed by atoms with Gasteiger partial charge in [-0.2, -0.15) is 4.91 Å². The Hall–Kier alpha value is -1.45. The van der Waals surface area contributed by atoms with Gasteiger partial charge in [0.2, 0.25) is 0 Å². The minimum Gasteiger partial charge on any atom is -0.474 e. The van der Waals surface area contributed by atoms with Gasteiger partial charge in [0.1, 0.15) is 6.10 Å². The zero-order valence-corrected chi connectivity index (χ0v) is 8.14. The summed E-state index contributed by atoms with van der Waals surface area (Å²) in [4.78, 5) is 10.4. The second-order valence-corrected chi connectivity index (χ2v) is 3.17. The summed E-state index contributed by atoms with van der Waals surface area (Å²) < 4.78 is 4.98. The normalized spacial score (nSPS) is 25.4. The third-order valence-corrected chi connectivity index (χ3v) is 2.11. The van der Waals surface area contributed by atoms with Crippen molar-refractivity contribution in [1.29, 1.82) is 5.41 Å². The van der Waals surface area contributed by atoms with E-state index in [1.54, 1.807) is 6.08 Å². The first-order chi connectivity index (χ1) is 6.81. The van der Waals surface area contributed by atoms with Gasteiger partial charge in [-0.15, -0.1) is 0 Å². The van der Waals surface area contributed by atoms with Crippen molar-refractivity contribution < 1.29 is 4.74 Å². The molecule has 1 aliphatic carbocycles. The van der Waals surface area contributed by atoms with Gasteiger partial charge in [0.15, 0.2) is 12.4 Å². The van der Waals surface area contributed by atoms with Crippen molar-refractivity contribution in [2.75, 3.05) is 0 Å². The number of nitrogens with zero attached hydrogens (tertiary/aromatic N) is 1. The molecule has 1 rings (SSSR count). The topological polar surface area (TPSA) is 62.5 Å². The fourth-order valence-electron chi connectivity index (χ4n) is 1.45. The molecule has 0 aliphatic heterocycles. The summed E-state index contributed by atoms with van der Waals surface area (Å²) in [6.07, 6.45) is 7.94. The Balaban J connectivity index is 2.71. The predicted molar refractivity (Wildman–Crippen MR) is 55.4 cm³/mol. The fourth-order valence-corrected chi connectivity index (χ4v) is 1.45. The number of nitrogens with one attached hydrogen (secondary N) is 1. The van der Waals surface area contributed by atoms with E-state index < -0.39 is 12.1 Å². The summed E-state index contributed by atoms with van der Waals surface area (Å²) in [5, 5.41) is 9.76. The van der Waals surface area contributed by atoms with Crippen LogP contribution in [0.3, 0.4) is 0 Å². The molecular weight excluding hydrogens is 180 g/mol. The summed E-state index contributed by atoms with van der Waals surface area (Å²) in [6, 6.07) is -0.503. The van der Waals surface area contributed by atoms with E-state index in [1.165, 1.54) is 0 Å². The quantitative estimate of drug-likeness (QED) is 0.415. The smallest absolute Gasteiger partial charge is 0.167 e. The number of ether oxygens (including phenoxy) is 1. The van der Waals surface area contributed by atoms with Crippen molar-refractivity contribution in [2.45, 2.75) is 31.9 Å². The van der Waals surface area contributed by atoms with E-state index in [2.05, 4.69) is 12.1 Å². The molecule has 4 nitrogen and oxygen atoms in total. The monoisotopic (exact) mass is 194 g/mol. The first-order valence-electron chi connectivity index (χ1n) is 4.67. The summed E-state index contributed by atoms with van der Waals surface area (Å²) in [5.41, 5.74) is 1.14. The van der Waals surface area contributed by atoms with Gasteiger partial charge in [-0.1, -0.05) is 30.7 Å². The van der Waals surface area contributed by atoms with Crippen molar-refractivity contribution in [3.63, 3.8) is 0 Å². The highest BCUT2D eigenvalue weighted by molar-refractivity contribution is 5.43. The van der Waals surface area contributed by atoms with E-state index >= 15 is 0 Å². The zero-order chi connectivity index (χ0) is 10.4. The van der Waals surface area contributed by atoms with E-state index in [0.29, 0.717) is 0 Å². The van der Waals surface area contributed by atoms with Crippen LogP contribution in [0, 0.1) is 10.3 Å². The Morgan fingerprint density at radius 1 is 1.71 bits per heavy atom. The van der Waals surface area contributed by atoms with Crippen LogP contribution >= 0.6 is 0 Å². The van der Waals surface area contributed by atoms with Crippen molar-refractivity contribution in [1.82, 2.24) is 0 Å². The lowest BCUT2D eigenvalue weighted by molar-refractivity contribution is 0.228. The standard InChI is InChI=1S/C10H14N2O2/c1-2-3-8-4-5-9(12-13)10(6-8)14-7-11/h4-7,9-11H,2-3H2,1H3. The largest absolute Gasteiger partial charge is 0.474 e. The molecule has 0 heterocycles. The molecule has 0 aromatic heterocycles. The van der Waals surface area contributed by atoms with E-state index in [4.69, 9.17) is 10.1 Å². The second-order valence-electron chi connectivity index (χ2n) is 3.17. The van der Waals surface area contributed by atoms with Gasteiger partial charge >= 0.3 is 0 Å². The average molecular weight is 194 g/mol. The Labute approximate surface area is 83.1 Å². The molecular formula is C10H14N2O2. The van der Waals surface area contributed by atoms with Crippen LogP contribution in [0.25, 0.3) is 0 Å². The summed E-state index contributed by atoms with van der Waals surface area (Å²) in [6.45, 7) is 2.09. The molecule has 0 bridgehead atoms. The van der Waals surface area contributed by atoms with E-state index in [1.807, 2.05) is 12.2 Å². The molecule has 0 spiro atoms. The van der Waals surface area contributed by atoms with Crippen LogP contribution in [0.15, 0.2) is 29.0 Å². The molecule has 0 aromatic rings. The number of nitroso groups, excluding NO2 is 1. The van der Waals surface area contributed by atoms with Gasteiger partial charge in [-0.3, -0.25) is 5.41 Å². The number of rotatable bonds is 5. The highest BCUT2D eigenvalue weighted by Gasteiger charge is 2.21. The van der Waals surface area contributed by atoms with Gasteiger partial charge in [-0.25, -0.2) is 0 Å². The molecule has 2 atom stereocenters. The average Bonchev–Trinajstić information content (AvgIpc) is 2.19. The molecule has 1 aliphatic rings. The van der Waals surface area contributed by atoms with Gasteiger partial charge in [-0.05, 0) is 18.1 Å². The van der Waals surface area contributed by atoms with Crippen molar-refractivity contribution >= 4 is 6.40 Å². The maximum Gasteiger partial charge on any atom is 0.167 e. The van der Waals surface area contributed by atoms with Gasteiger partial charge in [0.25, 0.3) is 0 Å². The van der Waals surface area contributed by atoms with Crippen molar-refractivity contribution in [3.05, 3.63) is 28.7 Å². The van der Waals surface area contributed by atoms with Crippen LogP contribution in [0.5, 0.6) is 0 Å². The maximum absolute atomic E-state index is 10.4. The van der Waals surface area contributed by atoms with Gasteiger partial charge in [0, 0.05) is 0 Å². The van der Waals surface area contributed by atoms with Crippen molar-refractivity contribution in [3.8, 4) is 0 Å². The second kappa shape index (κ2) is 5.32. The van der Waals surface area contributed by atoms with Gasteiger partial charge < -0.3 is 4.74 Å². The Bertz CT molecular complexity index is 271. The minimum absolute atomic E-state index is 0.406. The number of hydrogen-bond donors (Lipinski definition) is 1. The van der Waals surface area contributed by atoms with Crippen LogP contribution in [0.4, 0.5) is 0 Å². The highest BCUT2D eigenvalue weighted by Crippen LogP contribution is 2.19. The first-order valence-corrected chi connectivity index (χ1v) is 4.67. The molecule has 0 amide bonds. The highest BCUT2D eigenvalue weighted by atomic mass is 16.5. The summed E-state index contributed by atoms with van der Waals surface area (Å²) in [7, 11) is 0. The van der Waals surface area contributed by atoms with E-state index in [0.717, 1.165) is 24.8 Å². The lowest BCUT2D eigenvalue weighted by atomic mass is 9.98. The maximum atomic E-state index is 10.4. The van der Waals surface area contributed by atoms with Crippen LogP contribution in [-0.4, -0.2) is 18.5 Å². The van der Waals surface area contributed by atoms with E-state index in [9.17, 15) is 4.91 Å². The molecule has 0 radical (unpaired) electrons. The molecule has 0 saturated heterocycles. The third-order valence-electron chi connectivity index (χ3n) is 2.11. The SMILES string of the molecule is CCCC1=CC(OC=N)C(N=O)C=C1. The van der Waals surface area contributed by atoms with Gasteiger partial charge in [0.05, 0.1) is 0 Å². The Morgan fingerprint density at radius 2 is 2.50 bits per heavy atom. The predicted octanol–water partition coefficient (Wildman–Crippen LogP) is 2.41. The molecule has 0 aromatic carbocycles. The van der Waals surface area contributed by atoms with Crippen molar-refractivity contribution in [2.24, 2.45) is 5.18 Å². The zero-order valence-electron chi connectivity index (χ0n) is 8.14. The lowest BCUT2D eigenvalue weighted by Gasteiger charge is -2.19. The first kappa shape index (κ1) is 10.6. The molecule has 1 N–H and O–H groups in total. The molecule has 76 valence electrons. The van der Waals surface area contributed by atoms with Crippen LogP contribution < -0.4 is 0 Å². The molecule has 4 heteroatoms. The van der Waals surface area contributed by atoms with Crippen LogP contribution in [0.2, 0.25) is 0 Å². The minimum atomic E-state index is -0.503. The number of allylic oxidation sites excluding steroid dienone is 2.